The van der Waals surface area contributed by atoms with E-state index in [1.54, 1.807) is 37.5 Å². The third-order valence-corrected chi connectivity index (χ3v) is 5.60. The van der Waals surface area contributed by atoms with E-state index in [0.29, 0.717) is 21.5 Å². The normalized spacial score (nSPS) is 15.1. The number of thioether (sulfide) groups is 1. The van der Waals surface area contributed by atoms with E-state index in [0.717, 1.165) is 16.7 Å². The highest BCUT2D eigenvalue weighted by molar-refractivity contribution is 9.10. The molecule has 3 rings (SSSR count). The quantitative estimate of drug-likeness (QED) is 0.592. The largest absolute Gasteiger partial charge is 0.503 e. The standard InChI is InChI=1S/C20H18BrNO6S/c1-26-14-5-3-4-6-15(14)28-8-7-22-19(24)17(29-20(22)25)11-12-9-13(21)18(23)16(10-12)27-2/h3-6,9-11,23H,7-8H2,1-2H3/b17-11-. The van der Waals surface area contributed by atoms with Crippen LogP contribution in [0.2, 0.25) is 0 Å². The lowest BCUT2D eigenvalue weighted by molar-refractivity contribution is -0.123. The molecule has 1 aliphatic heterocycles. The van der Waals surface area contributed by atoms with Crippen LogP contribution in [0.3, 0.4) is 0 Å². The number of benzene rings is 2. The van der Waals surface area contributed by atoms with E-state index in [1.807, 2.05) is 12.1 Å². The molecule has 9 heteroatoms. The van der Waals surface area contributed by atoms with Gasteiger partial charge in [0.2, 0.25) is 0 Å². The Balaban J connectivity index is 1.70. The Hall–Kier alpha value is -2.65. The molecule has 152 valence electrons. The fourth-order valence-corrected chi connectivity index (χ4v) is 3.99. The minimum atomic E-state index is -0.396. The predicted molar refractivity (Wildman–Crippen MR) is 114 cm³/mol. The number of phenols is 1. The number of rotatable bonds is 7. The van der Waals surface area contributed by atoms with Gasteiger partial charge in [-0.3, -0.25) is 14.5 Å². The molecule has 1 aliphatic rings. The summed E-state index contributed by atoms with van der Waals surface area (Å²) in [6.45, 7) is 0.257. The van der Waals surface area contributed by atoms with E-state index in [9.17, 15) is 14.7 Å². The second kappa shape index (κ2) is 9.23. The SMILES string of the molecule is COc1ccccc1OCCN1C(=O)S/C(=C\c2cc(Br)c(O)c(OC)c2)C1=O. The van der Waals surface area contributed by atoms with Gasteiger partial charge in [0.25, 0.3) is 11.1 Å². The van der Waals surface area contributed by atoms with E-state index in [-0.39, 0.29) is 34.8 Å². The third-order valence-electron chi connectivity index (χ3n) is 4.08. The van der Waals surface area contributed by atoms with Crippen LogP contribution < -0.4 is 14.2 Å². The molecule has 0 aliphatic carbocycles. The number of carbonyl (C=O) groups excluding carboxylic acids is 2. The molecular weight excluding hydrogens is 462 g/mol. The summed E-state index contributed by atoms with van der Waals surface area (Å²) in [6, 6.07) is 10.4. The summed E-state index contributed by atoms with van der Waals surface area (Å²) in [5, 5.41) is 9.53. The van der Waals surface area contributed by atoms with Crippen molar-refractivity contribution in [2.24, 2.45) is 0 Å². The molecular formula is C20H18BrNO6S. The Morgan fingerprint density at radius 2 is 1.79 bits per heavy atom. The third kappa shape index (κ3) is 4.68. The van der Waals surface area contributed by atoms with Gasteiger partial charge in [0.15, 0.2) is 23.0 Å². The van der Waals surface area contributed by atoms with Crippen molar-refractivity contribution in [3.63, 3.8) is 0 Å². The van der Waals surface area contributed by atoms with Gasteiger partial charge in [-0.15, -0.1) is 0 Å². The highest BCUT2D eigenvalue weighted by Crippen LogP contribution is 2.38. The minimum absolute atomic E-state index is 0.0359. The van der Waals surface area contributed by atoms with Crippen molar-refractivity contribution in [2.75, 3.05) is 27.4 Å². The number of phenolic OH excluding ortho intramolecular Hbond substituents is 1. The molecule has 1 fully saturated rings. The molecule has 2 amide bonds. The monoisotopic (exact) mass is 479 g/mol. The number of para-hydroxylation sites is 2. The topological polar surface area (TPSA) is 85.3 Å². The molecule has 0 saturated carbocycles. The van der Waals surface area contributed by atoms with Gasteiger partial charge in [-0.05, 0) is 63.6 Å². The number of carbonyl (C=O) groups is 2. The molecule has 0 radical (unpaired) electrons. The lowest BCUT2D eigenvalue weighted by Crippen LogP contribution is -2.32. The van der Waals surface area contributed by atoms with Crippen LogP contribution in [0.25, 0.3) is 6.08 Å². The van der Waals surface area contributed by atoms with Gasteiger partial charge < -0.3 is 19.3 Å². The van der Waals surface area contributed by atoms with Crippen LogP contribution in [-0.4, -0.2) is 48.5 Å². The smallest absolute Gasteiger partial charge is 0.293 e. The van der Waals surface area contributed by atoms with E-state index in [4.69, 9.17) is 14.2 Å². The average Bonchev–Trinajstić information content (AvgIpc) is 2.98. The maximum Gasteiger partial charge on any atom is 0.293 e. The Bertz CT molecular complexity index is 977. The molecule has 1 N–H and O–H groups in total. The second-order valence-electron chi connectivity index (χ2n) is 5.89. The molecule has 0 spiro atoms. The molecule has 1 saturated heterocycles. The zero-order valence-electron chi connectivity index (χ0n) is 15.7. The summed E-state index contributed by atoms with van der Waals surface area (Å²) < 4.78 is 16.4. The first-order valence-corrected chi connectivity index (χ1v) is 10.1. The van der Waals surface area contributed by atoms with Crippen LogP contribution in [0, 0.1) is 0 Å². The maximum absolute atomic E-state index is 12.6. The number of imide groups is 1. The van der Waals surface area contributed by atoms with Crippen LogP contribution in [0.15, 0.2) is 45.8 Å². The van der Waals surface area contributed by atoms with Gasteiger partial charge in [-0.2, -0.15) is 0 Å². The van der Waals surface area contributed by atoms with Crippen LogP contribution in [0.4, 0.5) is 4.79 Å². The number of hydrogen-bond donors (Lipinski definition) is 1. The van der Waals surface area contributed by atoms with Crippen molar-refractivity contribution in [1.29, 1.82) is 0 Å². The lowest BCUT2D eigenvalue weighted by Gasteiger charge is -2.14. The van der Waals surface area contributed by atoms with Gasteiger partial charge >= 0.3 is 0 Å². The van der Waals surface area contributed by atoms with Crippen molar-refractivity contribution >= 4 is 44.9 Å². The average molecular weight is 480 g/mol. The van der Waals surface area contributed by atoms with Crippen LogP contribution >= 0.6 is 27.7 Å². The Labute approximate surface area is 180 Å². The second-order valence-corrected chi connectivity index (χ2v) is 7.73. The zero-order valence-corrected chi connectivity index (χ0v) is 18.1. The number of halogens is 1. The Kier molecular flexibility index (Phi) is 6.71. The first-order chi connectivity index (χ1) is 13.9. The van der Waals surface area contributed by atoms with E-state index in [1.165, 1.54) is 7.11 Å². The number of amides is 2. The minimum Gasteiger partial charge on any atom is -0.503 e. The van der Waals surface area contributed by atoms with E-state index >= 15 is 0 Å². The number of methoxy groups -OCH3 is 2. The Morgan fingerprint density at radius 3 is 2.48 bits per heavy atom. The van der Waals surface area contributed by atoms with Gasteiger partial charge in [0.1, 0.15) is 6.61 Å². The summed E-state index contributed by atoms with van der Waals surface area (Å²) in [6.07, 6.45) is 1.58. The van der Waals surface area contributed by atoms with Crippen LogP contribution in [0.5, 0.6) is 23.0 Å². The maximum atomic E-state index is 12.6. The first kappa shape index (κ1) is 21.1. The lowest BCUT2D eigenvalue weighted by atomic mass is 10.2. The number of aromatic hydroxyl groups is 1. The molecule has 2 aromatic rings. The van der Waals surface area contributed by atoms with Crippen molar-refractivity contribution < 1.29 is 28.9 Å². The fraction of sp³-hybridized carbons (Fsp3) is 0.200. The highest BCUT2D eigenvalue weighted by atomic mass is 79.9. The Morgan fingerprint density at radius 1 is 1.10 bits per heavy atom. The first-order valence-electron chi connectivity index (χ1n) is 8.52. The van der Waals surface area contributed by atoms with E-state index in [2.05, 4.69) is 15.9 Å². The molecule has 1 heterocycles. The molecule has 0 atom stereocenters. The van der Waals surface area contributed by atoms with E-state index < -0.39 is 5.91 Å². The van der Waals surface area contributed by atoms with Gasteiger partial charge in [-0.1, -0.05) is 12.1 Å². The number of hydrogen-bond acceptors (Lipinski definition) is 7. The summed E-state index contributed by atoms with van der Waals surface area (Å²) in [5.74, 6) is 0.944. The summed E-state index contributed by atoms with van der Waals surface area (Å²) in [4.78, 5) is 26.3. The van der Waals surface area contributed by atoms with Crippen LogP contribution in [0.1, 0.15) is 5.56 Å². The highest BCUT2D eigenvalue weighted by Gasteiger charge is 2.35. The van der Waals surface area contributed by atoms with Gasteiger partial charge in [-0.25, -0.2) is 0 Å². The number of ether oxygens (including phenoxy) is 3. The van der Waals surface area contributed by atoms with Crippen molar-refractivity contribution in [1.82, 2.24) is 4.90 Å². The molecule has 0 unspecified atom stereocenters. The summed E-state index contributed by atoms with van der Waals surface area (Å²) in [7, 11) is 2.97. The number of nitrogens with zero attached hydrogens (tertiary/aromatic N) is 1. The van der Waals surface area contributed by atoms with Gasteiger partial charge in [0.05, 0.1) is 30.1 Å². The molecule has 0 bridgehead atoms. The molecule has 7 nitrogen and oxygen atoms in total. The van der Waals surface area contributed by atoms with Crippen molar-refractivity contribution in [3.8, 4) is 23.0 Å². The molecule has 0 aromatic heterocycles. The fourth-order valence-electron chi connectivity index (χ4n) is 2.66. The molecule has 29 heavy (non-hydrogen) atoms. The zero-order chi connectivity index (χ0) is 21.0. The van der Waals surface area contributed by atoms with Gasteiger partial charge in [0, 0.05) is 0 Å². The van der Waals surface area contributed by atoms with Crippen LogP contribution in [-0.2, 0) is 4.79 Å². The summed E-state index contributed by atoms with van der Waals surface area (Å²) in [5.41, 5.74) is 0.613. The summed E-state index contributed by atoms with van der Waals surface area (Å²) >= 11 is 4.09. The molecule has 2 aromatic carbocycles. The van der Waals surface area contributed by atoms with Crippen molar-refractivity contribution in [3.05, 3.63) is 51.3 Å². The predicted octanol–water partition coefficient (Wildman–Crippen LogP) is 4.29. The van der Waals surface area contributed by atoms with Crippen molar-refractivity contribution in [2.45, 2.75) is 0 Å².